The summed E-state index contributed by atoms with van der Waals surface area (Å²) in [6, 6.07) is 5.03. The van der Waals surface area contributed by atoms with E-state index < -0.39 is 11.7 Å². The Balaban J connectivity index is 2.04. The summed E-state index contributed by atoms with van der Waals surface area (Å²) in [5.41, 5.74) is -0.250. The van der Waals surface area contributed by atoms with Gasteiger partial charge in [0.1, 0.15) is 0 Å². The van der Waals surface area contributed by atoms with Gasteiger partial charge in [0.25, 0.3) is 0 Å². The maximum Gasteiger partial charge on any atom is 0.416 e. The first-order valence-corrected chi connectivity index (χ1v) is 8.05. The topological polar surface area (TPSA) is 17.1 Å². The molecule has 1 nitrogen and oxygen atoms in total. The van der Waals surface area contributed by atoms with Gasteiger partial charge in [-0.15, -0.1) is 11.8 Å². The lowest BCUT2D eigenvalue weighted by molar-refractivity contribution is -0.137. The maximum absolute atomic E-state index is 12.6. The quantitative estimate of drug-likeness (QED) is 0.848. The summed E-state index contributed by atoms with van der Waals surface area (Å²) in [5, 5.41) is -0.0757. The maximum atomic E-state index is 12.6. The summed E-state index contributed by atoms with van der Waals surface area (Å²) in [4.78, 5) is 12.0. The van der Waals surface area contributed by atoms with Crippen LogP contribution in [0.1, 0.15) is 11.1 Å². The van der Waals surface area contributed by atoms with Crippen molar-refractivity contribution in [1.29, 1.82) is 0 Å². The zero-order valence-electron chi connectivity index (χ0n) is 10.1. The van der Waals surface area contributed by atoms with Crippen LogP contribution in [0.2, 0.25) is 0 Å². The fourth-order valence-electron chi connectivity index (χ4n) is 1.85. The lowest BCUT2D eigenvalue weighted by Crippen LogP contribution is -2.25. The molecule has 1 atom stereocenters. The van der Waals surface area contributed by atoms with Crippen LogP contribution in [0, 0.1) is 0 Å². The Bertz CT molecular complexity index is 453. The standard InChI is InChI=1S/C13H13F3OS2/c14-13(15,16)10-3-1-2-9(6-10)7-11(17)12-8-18-4-5-19-12/h1-3,6,12H,4-5,7-8H2. The Kier molecular flexibility index (Phi) is 4.84. The van der Waals surface area contributed by atoms with Crippen LogP contribution in [0.4, 0.5) is 13.2 Å². The molecule has 1 aliphatic heterocycles. The molecule has 0 spiro atoms. The van der Waals surface area contributed by atoms with Crippen LogP contribution < -0.4 is 0 Å². The molecular weight excluding hydrogens is 293 g/mol. The van der Waals surface area contributed by atoms with Crippen molar-refractivity contribution >= 4 is 29.3 Å². The minimum Gasteiger partial charge on any atom is -0.298 e. The summed E-state index contributed by atoms with van der Waals surface area (Å²) >= 11 is 3.34. The predicted molar refractivity (Wildman–Crippen MR) is 73.7 cm³/mol. The number of rotatable bonds is 3. The van der Waals surface area contributed by atoms with Crippen molar-refractivity contribution in [3.63, 3.8) is 0 Å². The average Bonchev–Trinajstić information content (AvgIpc) is 2.39. The van der Waals surface area contributed by atoms with Crippen LogP contribution in [-0.4, -0.2) is 28.3 Å². The molecule has 0 radical (unpaired) electrons. The van der Waals surface area contributed by atoms with E-state index >= 15 is 0 Å². The fourth-order valence-corrected chi connectivity index (χ4v) is 4.50. The lowest BCUT2D eigenvalue weighted by Gasteiger charge is -2.19. The first-order valence-electron chi connectivity index (χ1n) is 5.85. The van der Waals surface area contributed by atoms with Gasteiger partial charge in [-0.3, -0.25) is 4.79 Å². The molecule has 1 unspecified atom stereocenters. The largest absolute Gasteiger partial charge is 0.416 e. The molecule has 0 saturated carbocycles. The second-order valence-corrected chi connectivity index (χ2v) is 6.74. The van der Waals surface area contributed by atoms with E-state index in [1.165, 1.54) is 6.07 Å². The highest BCUT2D eigenvalue weighted by Crippen LogP contribution is 2.30. The molecule has 0 bridgehead atoms. The third kappa shape index (κ3) is 4.18. The number of carbonyl (C=O) groups excluding carboxylic acids is 1. The highest BCUT2D eigenvalue weighted by atomic mass is 32.2. The molecule has 2 rings (SSSR count). The van der Waals surface area contributed by atoms with E-state index in [9.17, 15) is 18.0 Å². The number of carbonyl (C=O) groups is 1. The van der Waals surface area contributed by atoms with E-state index in [-0.39, 0.29) is 17.5 Å². The third-order valence-electron chi connectivity index (χ3n) is 2.81. The Morgan fingerprint density at radius 2 is 2.11 bits per heavy atom. The van der Waals surface area contributed by atoms with Crippen molar-refractivity contribution in [3.05, 3.63) is 35.4 Å². The van der Waals surface area contributed by atoms with E-state index in [4.69, 9.17) is 0 Å². The van der Waals surface area contributed by atoms with Crippen molar-refractivity contribution in [2.24, 2.45) is 0 Å². The Morgan fingerprint density at radius 3 is 2.74 bits per heavy atom. The molecule has 1 heterocycles. The number of halogens is 3. The van der Waals surface area contributed by atoms with Gasteiger partial charge in [0.05, 0.1) is 10.8 Å². The van der Waals surface area contributed by atoms with Crippen LogP contribution in [-0.2, 0) is 17.4 Å². The first-order chi connectivity index (χ1) is 8.97. The second-order valence-electron chi connectivity index (χ2n) is 4.28. The molecular formula is C13H13F3OS2. The van der Waals surface area contributed by atoms with E-state index in [0.717, 1.165) is 29.4 Å². The number of benzene rings is 1. The normalized spacial score (nSPS) is 20.3. The molecule has 1 aromatic rings. The van der Waals surface area contributed by atoms with E-state index in [0.29, 0.717) is 5.56 Å². The van der Waals surface area contributed by atoms with Gasteiger partial charge in [-0.2, -0.15) is 24.9 Å². The van der Waals surface area contributed by atoms with Crippen molar-refractivity contribution in [3.8, 4) is 0 Å². The number of hydrogen-bond acceptors (Lipinski definition) is 3. The van der Waals surface area contributed by atoms with Gasteiger partial charge in [-0.05, 0) is 11.6 Å². The van der Waals surface area contributed by atoms with Gasteiger partial charge in [0.15, 0.2) is 5.78 Å². The third-order valence-corrected chi connectivity index (χ3v) is 5.61. The molecule has 1 aliphatic rings. The molecule has 104 valence electrons. The fraction of sp³-hybridized carbons (Fsp3) is 0.462. The van der Waals surface area contributed by atoms with Crippen molar-refractivity contribution in [1.82, 2.24) is 0 Å². The van der Waals surface area contributed by atoms with Crippen molar-refractivity contribution in [2.45, 2.75) is 17.8 Å². The summed E-state index contributed by atoms with van der Waals surface area (Å²) in [5.74, 6) is 2.76. The Labute approximate surface area is 118 Å². The average molecular weight is 306 g/mol. The summed E-state index contributed by atoms with van der Waals surface area (Å²) in [7, 11) is 0. The first kappa shape index (κ1) is 14.8. The van der Waals surface area contributed by atoms with Crippen LogP contribution in [0.15, 0.2) is 24.3 Å². The van der Waals surface area contributed by atoms with Crippen molar-refractivity contribution in [2.75, 3.05) is 17.3 Å². The summed E-state index contributed by atoms with van der Waals surface area (Å²) in [6.45, 7) is 0. The molecule has 0 aliphatic carbocycles. The number of thioether (sulfide) groups is 2. The molecule has 1 saturated heterocycles. The highest BCUT2D eigenvalue weighted by Gasteiger charge is 2.30. The van der Waals surface area contributed by atoms with Crippen LogP contribution in [0.5, 0.6) is 0 Å². The summed E-state index contributed by atoms with van der Waals surface area (Å²) in [6.07, 6.45) is -4.27. The Morgan fingerprint density at radius 1 is 1.32 bits per heavy atom. The number of alkyl halides is 3. The Hall–Kier alpha value is -0.620. The van der Waals surface area contributed by atoms with E-state index in [1.807, 2.05) is 0 Å². The van der Waals surface area contributed by atoms with Crippen LogP contribution >= 0.6 is 23.5 Å². The minimum absolute atomic E-state index is 0.0246. The molecule has 0 N–H and O–H groups in total. The highest BCUT2D eigenvalue weighted by molar-refractivity contribution is 8.07. The monoisotopic (exact) mass is 306 g/mol. The van der Waals surface area contributed by atoms with E-state index in [1.54, 1.807) is 29.6 Å². The molecule has 6 heteroatoms. The zero-order valence-corrected chi connectivity index (χ0v) is 11.7. The number of Topliss-reactive ketones (excluding diaryl/α,β-unsaturated/α-hetero) is 1. The smallest absolute Gasteiger partial charge is 0.298 e. The van der Waals surface area contributed by atoms with E-state index in [2.05, 4.69) is 0 Å². The minimum atomic E-state index is -4.35. The number of ketones is 1. The molecule has 0 amide bonds. The predicted octanol–water partition coefficient (Wildman–Crippen LogP) is 3.67. The van der Waals surface area contributed by atoms with Crippen LogP contribution in [0.3, 0.4) is 0 Å². The van der Waals surface area contributed by atoms with Crippen molar-refractivity contribution < 1.29 is 18.0 Å². The molecule has 19 heavy (non-hydrogen) atoms. The molecule has 0 aromatic heterocycles. The van der Waals surface area contributed by atoms with Gasteiger partial charge in [0.2, 0.25) is 0 Å². The van der Waals surface area contributed by atoms with Crippen LogP contribution in [0.25, 0.3) is 0 Å². The van der Waals surface area contributed by atoms with Gasteiger partial charge < -0.3 is 0 Å². The van der Waals surface area contributed by atoms with Gasteiger partial charge in [-0.25, -0.2) is 0 Å². The van der Waals surface area contributed by atoms with Gasteiger partial charge in [0, 0.05) is 23.7 Å². The SMILES string of the molecule is O=C(Cc1cccc(C(F)(F)F)c1)C1CSCCS1. The molecule has 1 aromatic carbocycles. The molecule has 1 fully saturated rings. The lowest BCUT2D eigenvalue weighted by atomic mass is 10.0. The number of hydrogen-bond donors (Lipinski definition) is 0. The second kappa shape index (κ2) is 6.22. The van der Waals surface area contributed by atoms with Gasteiger partial charge in [-0.1, -0.05) is 18.2 Å². The summed E-state index contributed by atoms with van der Waals surface area (Å²) < 4.78 is 37.7. The van der Waals surface area contributed by atoms with Gasteiger partial charge >= 0.3 is 6.18 Å². The zero-order chi connectivity index (χ0) is 13.9.